The Balaban J connectivity index is 1.66. The molecule has 0 spiro atoms. The van der Waals surface area contributed by atoms with Gasteiger partial charge in [0.2, 0.25) is 5.91 Å². The van der Waals surface area contributed by atoms with Crippen molar-refractivity contribution < 1.29 is 14.3 Å². The highest BCUT2D eigenvalue weighted by Crippen LogP contribution is 2.34. The Kier molecular flexibility index (Phi) is 7.01. The quantitative estimate of drug-likeness (QED) is 0.534. The molecule has 34 heavy (non-hydrogen) atoms. The maximum atomic E-state index is 13.7. The van der Waals surface area contributed by atoms with E-state index in [9.17, 15) is 9.59 Å². The van der Waals surface area contributed by atoms with E-state index < -0.39 is 0 Å². The Morgan fingerprint density at radius 1 is 1.00 bits per heavy atom. The number of hydrogen-bond donors (Lipinski definition) is 1. The van der Waals surface area contributed by atoms with Crippen molar-refractivity contribution in [1.82, 2.24) is 4.90 Å². The van der Waals surface area contributed by atoms with E-state index in [1.54, 1.807) is 16.8 Å². The highest BCUT2D eigenvalue weighted by atomic mass is 16.5. The molecule has 3 aromatic carbocycles. The number of nitrogens with zero attached hydrogens (tertiary/aromatic N) is 3. The summed E-state index contributed by atoms with van der Waals surface area (Å²) in [6.45, 7) is 4.83. The first kappa shape index (κ1) is 23.2. The minimum atomic E-state index is -0.271. The van der Waals surface area contributed by atoms with Crippen LogP contribution in [0, 0.1) is 0 Å². The van der Waals surface area contributed by atoms with Gasteiger partial charge in [-0.05, 0) is 43.7 Å². The van der Waals surface area contributed by atoms with Crippen molar-refractivity contribution >= 4 is 29.0 Å². The van der Waals surface area contributed by atoms with Gasteiger partial charge in [0.05, 0.1) is 42.9 Å². The number of urea groups is 1. The molecule has 0 aliphatic carbocycles. The van der Waals surface area contributed by atoms with Gasteiger partial charge in [0.15, 0.2) is 0 Å². The van der Waals surface area contributed by atoms with Crippen molar-refractivity contribution in [1.29, 1.82) is 0 Å². The Morgan fingerprint density at radius 2 is 1.65 bits per heavy atom. The number of nitrogens with one attached hydrogen (secondary N) is 1. The molecule has 176 valence electrons. The minimum Gasteiger partial charge on any atom is -0.492 e. The van der Waals surface area contributed by atoms with E-state index in [-0.39, 0.29) is 31.2 Å². The first-order chi connectivity index (χ1) is 16.5. The summed E-state index contributed by atoms with van der Waals surface area (Å²) in [5, 5.41) is 3.02. The average Bonchev–Trinajstić information content (AvgIpc) is 2.86. The zero-order valence-electron chi connectivity index (χ0n) is 19.8. The molecule has 4 rings (SSSR count). The number of benzene rings is 3. The van der Waals surface area contributed by atoms with Crippen LogP contribution in [0.25, 0.3) is 0 Å². The molecule has 7 nitrogen and oxygen atoms in total. The summed E-state index contributed by atoms with van der Waals surface area (Å²) in [4.78, 5) is 31.7. The van der Waals surface area contributed by atoms with Crippen LogP contribution >= 0.6 is 0 Å². The first-order valence-electron chi connectivity index (χ1n) is 11.4. The first-order valence-corrected chi connectivity index (χ1v) is 11.4. The number of carbonyl (C=O) groups is 2. The Hall–Kier alpha value is -4.00. The molecule has 3 aromatic rings. The molecule has 1 heterocycles. The zero-order valence-corrected chi connectivity index (χ0v) is 19.8. The van der Waals surface area contributed by atoms with Crippen LogP contribution in [0.15, 0.2) is 78.9 Å². The number of rotatable bonds is 7. The largest absolute Gasteiger partial charge is 0.492 e. The van der Waals surface area contributed by atoms with Crippen molar-refractivity contribution in [3.05, 3.63) is 84.4 Å². The van der Waals surface area contributed by atoms with Gasteiger partial charge >= 0.3 is 6.03 Å². The second-order valence-corrected chi connectivity index (χ2v) is 8.20. The molecule has 1 aliphatic heterocycles. The van der Waals surface area contributed by atoms with E-state index in [0.29, 0.717) is 18.0 Å². The molecular formula is C27H30N4O3. The van der Waals surface area contributed by atoms with Gasteiger partial charge in [-0.3, -0.25) is 4.79 Å². The smallest absolute Gasteiger partial charge is 0.323 e. The second kappa shape index (κ2) is 10.3. The van der Waals surface area contributed by atoms with E-state index in [4.69, 9.17) is 4.74 Å². The van der Waals surface area contributed by atoms with Crippen molar-refractivity contribution in [2.75, 3.05) is 42.0 Å². The zero-order chi connectivity index (χ0) is 24.1. The predicted octanol–water partition coefficient (Wildman–Crippen LogP) is 5.12. The lowest BCUT2D eigenvalue weighted by Gasteiger charge is -2.40. The van der Waals surface area contributed by atoms with Gasteiger partial charge in [-0.15, -0.1) is 0 Å². The average molecular weight is 459 g/mol. The summed E-state index contributed by atoms with van der Waals surface area (Å²) in [7, 11) is 1.78. The third kappa shape index (κ3) is 4.83. The molecule has 3 amide bonds. The standard InChI is InChI=1S/C27H30N4O3/c1-4-34-25-17-11-8-14-22(25)28-27(33)31(20(2)21-12-6-5-7-13-21)19-30-18-26(32)29(3)23-15-9-10-16-24(23)30/h5-17,20H,4,18-19H2,1-3H3,(H,28,33). The van der Waals surface area contributed by atoms with Crippen molar-refractivity contribution in [2.45, 2.75) is 19.9 Å². The van der Waals surface area contributed by atoms with Gasteiger partial charge in [0.25, 0.3) is 0 Å². The lowest BCUT2D eigenvalue weighted by atomic mass is 10.1. The fourth-order valence-electron chi connectivity index (χ4n) is 4.13. The number of hydrogen-bond acceptors (Lipinski definition) is 4. The maximum Gasteiger partial charge on any atom is 0.323 e. The summed E-state index contributed by atoms with van der Waals surface area (Å²) in [5.41, 5.74) is 3.35. The Morgan fingerprint density at radius 3 is 2.38 bits per heavy atom. The van der Waals surface area contributed by atoms with Gasteiger partial charge < -0.3 is 24.8 Å². The van der Waals surface area contributed by atoms with E-state index in [1.807, 2.05) is 97.6 Å². The van der Waals surface area contributed by atoms with Gasteiger partial charge in [0, 0.05) is 7.05 Å². The van der Waals surface area contributed by atoms with Crippen molar-refractivity contribution in [2.24, 2.45) is 0 Å². The monoisotopic (exact) mass is 458 g/mol. The molecule has 0 radical (unpaired) electrons. The van der Waals surface area contributed by atoms with Gasteiger partial charge in [-0.25, -0.2) is 4.79 Å². The predicted molar refractivity (Wildman–Crippen MR) is 135 cm³/mol. The summed E-state index contributed by atoms with van der Waals surface area (Å²) < 4.78 is 5.69. The van der Waals surface area contributed by atoms with Gasteiger partial charge in [-0.2, -0.15) is 0 Å². The molecule has 7 heteroatoms. The third-order valence-electron chi connectivity index (χ3n) is 6.05. The fraction of sp³-hybridized carbons (Fsp3) is 0.259. The van der Waals surface area contributed by atoms with Crippen LogP contribution in [0.2, 0.25) is 0 Å². The van der Waals surface area contributed by atoms with E-state index in [2.05, 4.69) is 5.32 Å². The van der Waals surface area contributed by atoms with Crippen LogP contribution in [-0.2, 0) is 4.79 Å². The minimum absolute atomic E-state index is 0.0203. The highest BCUT2D eigenvalue weighted by molar-refractivity contribution is 6.03. The molecule has 1 aliphatic rings. The van der Waals surface area contributed by atoms with E-state index in [0.717, 1.165) is 16.9 Å². The number of fused-ring (bicyclic) bond motifs is 1. The van der Waals surface area contributed by atoms with Crippen LogP contribution in [0.3, 0.4) is 0 Å². The normalized spacial score (nSPS) is 13.8. The molecule has 0 saturated carbocycles. The summed E-state index contributed by atoms with van der Waals surface area (Å²) in [6, 6.07) is 24.5. The second-order valence-electron chi connectivity index (χ2n) is 8.20. The number of amides is 3. The number of para-hydroxylation sites is 4. The molecule has 0 bridgehead atoms. The van der Waals surface area contributed by atoms with Crippen LogP contribution in [-0.4, -0.2) is 43.7 Å². The fourth-order valence-corrected chi connectivity index (χ4v) is 4.13. The SMILES string of the molecule is CCOc1ccccc1NC(=O)N(CN1CC(=O)N(C)c2ccccc21)C(C)c1ccccc1. The number of likely N-dealkylation sites (N-methyl/N-ethyl adjacent to an activating group) is 1. The van der Waals surface area contributed by atoms with Crippen LogP contribution < -0.4 is 19.9 Å². The third-order valence-corrected chi connectivity index (χ3v) is 6.05. The maximum absolute atomic E-state index is 13.7. The molecule has 1 N–H and O–H groups in total. The summed E-state index contributed by atoms with van der Waals surface area (Å²) >= 11 is 0. The lowest BCUT2D eigenvalue weighted by Crippen LogP contribution is -2.51. The van der Waals surface area contributed by atoms with Gasteiger partial charge in [-0.1, -0.05) is 54.6 Å². The number of ether oxygens (including phenoxy) is 1. The molecule has 0 saturated heterocycles. The van der Waals surface area contributed by atoms with Crippen LogP contribution in [0.4, 0.5) is 21.9 Å². The Labute approximate surface area is 200 Å². The number of carbonyl (C=O) groups excluding carboxylic acids is 2. The van der Waals surface area contributed by atoms with Crippen molar-refractivity contribution in [3.63, 3.8) is 0 Å². The lowest BCUT2D eigenvalue weighted by molar-refractivity contribution is -0.117. The molecule has 0 fully saturated rings. The molecule has 0 aromatic heterocycles. The highest BCUT2D eigenvalue weighted by Gasteiger charge is 2.31. The van der Waals surface area contributed by atoms with Crippen LogP contribution in [0.1, 0.15) is 25.5 Å². The van der Waals surface area contributed by atoms with Gasteiger partial charge in [0.1, 0.15) is 5.75 Å². The molecule has 1 unspecified atom stereocenters. The van der Waals surface area contributed by atoms with Crippen molar-refractivity contribution in [3.8, 4) is 5.75 Å². The van der Waals surface area contributed by atoms with Crippen LogP contribution in [0.5, 0.6) is 5.75 Å². The van der Waals surface area contributed by atoms with E-state index >= 15 is 0 Å². The van der Waals surface area contributed by atoms with E-state index in [1.165, 1.54) is 0 Å². The molecule has 1 atom stereocenters. The summed E-state index contributed by atoms with van der Waals surface area (Å²) in [5.74, 6) is 0.596. The summed E-state index contributed by atoms with van der Waals surface area (Å²) in [6.07, 6.45) is 0. The molecular weight excluding hydrogens is 428 g/mol. The topological polar surface area (TPSA) is 65.1 Å². The number of anilines is 3. The Bertz CT molecular complexity index is 1150.